The molecule has 3 aromatic rings. The van der Waals surface area contributed by atoms with Gasteiger partial charge in [0.2, 0.25) is 0 Å². The zero-order chi connectivity index (χ0) is 23.0. The molecule has 0 saturated carbocycles. The number of carbonyl (C=O) groups is 1. The molecule has 8 heteroatoms. The Bertz CT molecular complexity index is 1240. The lowest BCUT2D eigenvalue weighted by molar-refractivity contribution is 0.0981. The van der Waals surface area contributed by atoms with Gasteiger partial charge in [-0.3, -0.25) is 4.79 Å². The average Bonchev–Trinajstić information content (AvgIpc) is 3.01. The number of ether oxygens (including phenoxy) is 2. The molecule has 31 heavy (non-hydrogen) atoms. The van der Waals surface area contributed by atoms with Crippen LogP contribution in [0.5, 0.6) is 5.75 Å². The Morgan fingerprint density at radius 1 is 1.10 bits per heavy atom. The Hall–Kier alpha value is -2.84. The van der Waals surface area contributed by atoms with Crippen molar-refractivity contribution in [2.24, 2.45) is 7.05 Å². The molecule has 0 radical (unpaired) electrons. The predicted molar refractivity (Wildman–Crippen MR) is 120 cm³/mol. The topological polar surface area (TPSA) is 86.6 Å². The number of benzene rings is 2. The van der Waals surface area contributed by atoms with Crippen LogP contribution in [0.4, 0.5) is 0 Å². The van der Waals surface area contributed by atoms with Crippen molar-refractivity contribution in [3.63, 3.8) is 0 Å². The summed E-state index contributed by atoms with van der Waals surface area (Å²) in [6.07, 6.45) is 1.93. The van der Waals surface area contributed by atoms with Crippen molar-refractivity contribution in [3.05, 3.63) is 59.3 Å². The van der Waals surface area contributed by atoms with E-state index in [1.807, 2.05) is 44.6 Å². The predicted octanol–water partition coefficient (Wildman–Crippen LogP) is 3.75. The van der Waals surface area contributed by atoms with Crippen molar-refractivity contribution < 1.29 is 22.7 Å². The summed E-state index contributed by atoms with van der Waals surface area (Å²) in [4.78, 5) is 12.8. The molecule has 1 amide bonds. The molecule has 0 aliphatic rings. The van der Waals surface area contributed by atoms with Crippen molar-refractivity contribution in [3.8, 4) is 5.75 Å². The summed E-state index contributed by atoms with van der Waals surface area (Å²) in [5.41, 5.74) is 2.59. The van der Waals surface area contributed by atoms with Gasteiger partial charge < -0.3 is 14.0 Å². The van der Waals surface area contributed by atoms with Crippen LogP contribution in [0.1, 0.15) is 42.3 Å². The zero-order valence-corrected chi connectivity index (χ0v) is 19.5. The van der Waals surface area contributed by atoms with E-state index in [0.717, 1.165) is 22.0 Å². The number of rotatable bonds is 6. The molecule has 0 saturated heterocycles. The van der Waals surface area contributed by atoms with Gasteiger partial charge in [0, 0.05) is 42.4 Å². The van der Waals surface area contributed by atoms with E-state index in [9.17, 15) is 13.2 Å². The van der Waals surface area contributed by atoms with E-state index in [1.165, 1.54) is 7.11 Å². The molecule has 3 rings (SSSR count). The van der Waals surface area contributed by atoms with E-state index >= 15 is 0 Å². The van der Waals surface area contributed by atoms with Crippen LogP contribution in [0.15, 0.2) is 47.5 Å². The van der Waals surface area contributed by atoms with Gasteiger partial charge in [-0.05, 0) is 35.2 Å². The standard InChI is InChI=1S/C23H28N2O5S/c1-23(2,3)17-8-10-20(30-6)21(12-17)31(27,28)24-22(26)15-7-9-18-16(14-29-5)13-25(4)19(18)11-15/h7-13H,14H2,1-6H3,(H,24,26). The maximum Gasteiger partial charge on any atom is 0.268 e. The first-order valence-corrected chi connectivity index (χ1v) is 11.3. The molecule has 166 valence electrons. The van der Waals surface area contributed by atoms with Gasteiger partial charge in [0.25, 0.3) is 15.9 Å². The van der Waals surface area contributed by atoms with E-state index in [2.05, 4.69) is 4.72 Å². The van der Waals surface area contributed by atoms with Crippen LogP contribution in [0, 0.1) is 0 Å². The van der Waals surface area contributed by atoms with Crippen molar-refractivity contribution in [2.75, 3.05) is 14.2 Å². The number of aryl methyl sites for hydroxylation is 1. The quantitative estimate of drug-likeness (QED) is 0.626. The second-order valence-corrected chi connectivity index (χ2v) is 10.1. The Morgan fingerprint density at radius 2 is 1.81 bits per heavy atom. The van der Waals surface area contributed by atoms with Gasteiger partial charge in [-0.2, -0.15) is 0 Å². The summed E-state index contributed by atoms with van der Waals surface area (Å²) in [7, 11) is 0.729. The minimum Gasteiger partial charge on any atom is -0.495 e. The van der Waals surface area contributed by atoms with Crippen LogP contribution in [-0.4, -0.2) is 33.1 Å². The average molecular weight is 445 g/mol. The van der Waals surface area contributed by atoms with Gasteiger partial charge in [-0.15, -0.1) is 0 Å². The van der Waals surface area contributed by atoms with Crippen molar-refractivity contribution in [1.82, 2.24) is 9.29 Å². The van der Waals surface area contributed by atoms with E-state index in [-0.39, 0.29) is 21.6 Å². The highest BCUT2D eigenvalue weighted by Gasteiger charge is 2.26. The third-order valence-corrected chi connectivity index (χ3v) is 6.53. The molecular weight excluding hydrogens is 416 g/mol. The number of aromatic nitrogens is 1. The number of nitrogens with one attached hydrogen (secondary N) is 1. The third kappa shape index (κ3) is 4.60. The summed E-state index contributed by atoms with van der Waals surface area (Å²) in [5, 5.41) is 0.948. The van der Waals surface area contributed by atoms with Crippen LogP contribution >= 0.6 is 0 Å². The number of amides is 1. The third-order valence-electron chi connectivity index (χ3n) is 5.18. The fraction of sp³-hybridized carbons (Fsp3) is 0.348. The molecule has 1 N–H and O–H groups in total. The number of hydrogen-bond donors (Lipinski definition) is 1. The Kier molecular flexibility index (Phi) is 6.16. The number of nitrogens with zero attached hydrogens (tertiary/aromatic N) is 1. The van der Waals surface area contributed by atoms with Crippen molar-refractivity contribution in [2.45, 2.75) is 37.7 Å². The second-order valence-electron chi connectivity index (χ2n) is 8.48. The van der Waals surface area contributed by atoms with E-state index in [0.29, 0.717) is 6.61 Å². The van der Waals surface area contributed by atoms with E-state index in [4.69, 9.17) is 9.47 Å². The number of sulfonamides is 1. The molecule has 7 nitrogen and oxygen atoms in total. The smallest absolute Gasteiger partial charge is 0.268 e. The lowest BCUT2D eigenvalue weighted by Gasteiger charge is -2.21. The second kappa shape index (κ2) is 8.36. The molecule has 0 aliphatic heterocycles. The van der Waals surface area contributed by atoms with Gasteiger partial charge in [0.1, 0.15) is 10.6 Å². The van der Waals surface area contributed by atoms with Gasteiger partial charge >= 0.3 is 0 Å². The molecule has 0 unspecified atom stereocenters. The number of hydrogen-bond acceptors (Lipinski definition) is 5. The maximum atomic E-state index is 13.1. The molecule has 0 aliphatic carbocycles. The van der Waals surface area contributed by atoms with Crippen LogP contribution in [0.25, 0.3) is 10.9 Å². The minimum atomic E-state index is -4.15. The van der Waals surface area contributed by atoms with E-state index in [1.54, 1.807) is 37.4 Å². The minimum absolute atomic E-state index is 0.0712. The van der Waals surface area contributed by atoms with Gasteiger partial charge in [0.15, 0.2) is 0 Å². The van der Waals surface area contributed by atoms with Crippen molar-refractivity contribution >= 4 is 26.8 Å². The maximum absolute atomic E-state index is 13.1. The number of fused-ring (bicyclic) bond motifs is 1. The van der Waals surface area contributed by atoms with E-state index < -0.39 is 15.9 Å². The zero-order valence-electron chi connectivity index (χ0n) is 18.6. The molecule has 0 fully saturated rings. The first-order chi connectivity index (χ1) is 14.5. The summed E-state index contributed by atoms with van der Waals surface area (Å²) in [6.45, 7) is 6.39. The van der Waals surface area contributed by atoms with Crippen molar-refractivity contribution in [1.29, 1.82) is 0 Å². The van der Waals surface area contributed by atoms with Gasteiger partial charge in [-0.1, -0.05) is 32.9 Å². The normalized spacial score (nSPS) is 12.2. The summed E-state index contributed by atoms with van der Waals surface area (Å²) >= 11 is 0. The Balaban J connectivity index is 1.97. The van der Waals surface area contributed by atoms with Gasteiger partial charge in [-0.25, -0.2) is 13.1 Å². The first-order valence-electron chi connectivity index (χ1n) is 9.80. The molecule has 1 aromatic heterocycles. The fourth-order valence-electron chi connectivity index (χ4n) is 3.47. The fourth-order valence-corrected chi connectivity index (χ4v) is 4.64. The Morgan fingerprint density at radius 3 is 2.42 bits per heavy atom. The van der Waals surface area contributed by atoms with Crippen LogP contribution in [0.3, 0.4) is 0 Å². The SMILES string of the molecule is COCc1cn(C)c2cc(C(=O)NS(=O)(=O)c3cc(C(C)(C)C)ccc3OC)ccc12. The Labute approximate surface area is 183 Å². The molecular formula is C23H28N2O5S. The molecule has 1 heterocycles. The lowest BCUT2D eigenvalue weighted by Crippen LogP contribution is -2.31. The largest absolute Gasteiger partial charge is 0.495 e. The summed E-state index contributed by atoms with van der Waals surface area (Å²) in [6, 6.07) is 10.0. The number of carbonyl (C=O) groups excluding carboxylic acids is 1. The summed E-state index contributed by atoms with van der Waals surface area (Å²) < 4.78 is 40.6. The monoisotopic (exact) mass is 444 g/mol. The highest BCUT2D eigenvalue weighted by atomic mass is 32.2. The van der Waals surface area contributed by atoms with Crippen LogP contribution < -0.4 is 9.46 Å². The number of methoxy groups -OCH3 is 2. The molecule has 0 bridgehead atoms. The van der Waals surface area contributed by atoms with Crippen LogP contribution in [0.2, 0.25) is 0 Å². The molecule has 0 spiro atoms. The highest BCUT2D eigenvalue weighted by molar-refractivity contribution is 7.90. The molecule has 2 aromatic carbocycles. The van der Waals surface area contributed by atoms with Crippen LogP contribution in [-0.2, 0) is 33.8 Å². The highest BCUT2D eigenvalue weighted by Crippen LogP contribution is 2.31. The first kappa shape index (κ1) is 22.8. The lowest BCUT2D eigenvalue weighted by atomic mass is 9.87. The van der Waals surface area contributed by atoms with Gasteiger partial charge in [0.05, 0.1) is 13.7 Å². The summed E-state index contributed by atoms with van der Waals surface area (Å²) in [5.74, 6) is -0.532. The molecule has 0 atom stereocenters.